The molecule has 100 valence electrons. The van der Waals surface area contributed by atoms with Gasteiger partial charge in [0.15, 0.2) is 0 Å². The maximum Gasteiger partial charge on any atom is 0.236 e. The number of hydrogen-bond acceptors (Lipinski definition) is 4. The third-order valence-electron chi connectivity index (χ3n) is 3.29. The number of nitrogens with two attached hydrogens (primary N) is 1. The van der Waals surface area contributed by atoms with Crippen molar-refractivity contribution in [3.05, 3.63) is 18.0 Å². The van der Waals surface area contributed by atoms with E-state index < -0.39 is 0 Å². The molecule has 3 N–H and O–H groups in total. The first-order valence-corrected chi connectivity index (χ1v) is 6.47. The van der Waals surface area contributed by atoms with Crippen LogP contribution in [0.1, 0.15) is 19.0 Å². The average Bonchev–Trinajstić information content (AvgIpc) is 2.78. The van der Waals surface area contributed by atoms with E-state index in [9.17, 15) is 4.79 Å². The number of aryl methyl sites for hydroxylation is 1. The van der Waals surface area contributed by atoms with Crippen molar-refractivity contribution in [3.63, 3.8) is 0 Å². The van der Waals surface area contributed by atoms with E-state index >= 15 is 0 Å². The molecule has 1 amide bonds. The number of nitrogens with one attached hydrogen (secondary N) is 1. The van der Waals surface area contributed by atoms with E-state index in [1.807, 2.05) is 16.9 Å². The Balaban J connectivity index is 2.06. The predicted molar refractivity (Wildman–Crippen MR) is 68.8 cm³/mol. The quantitative estimate of drug-likeness (QED) is 0.743. The SMILES string of the molecule is CCCn1nccc1CN1CCNCC1C(N)=O. The van der Waals surface area contributed by atoms with Gasteiger partial charge in [0.2, 0.25) is 5.91 Å². The van der Waals surface area contributed by atoms with Gasteiger partial charge in [0.25, 0.3) is 0 Å². The summed E-state index contributed by atoms with van der Waals surface area (Å²) in [6.45, 7) is 6.14. The monoisotopic (exact) mass is 251 g/mol. The van der Waals surface area contributed by atoms with E-state index in [-0.39, 0.29) is 11.9 Å². The van der Waals surface area contributed by atoms with Crippen molar-refractivity contribution >= 4 is 5.91 Å². The highest BCUT2D eigenvalue weighted by Gasteiger charge is 2.27. The molecule has 0 saturated carbocycles. The third-order valence-corrected chi connectivity index (χ3v) is 3.29. The molecule has 1 aromatic heterocycles. The molecule has 1 fully saturated rings. The van der Waals surface area contributed by atoms with Crippen molar-refractivity contribution in [2.45, 2.75) is 32.5 Å². The van der Waals surface area contributed by atoms with Gasteiger partial charge in [-0.05, 0) is 12.5 Å². The Labute approximate surface area is 107 Å². The minimum Gasteiger partial charge on any atom is -0.368 e. The molecule has 0 bridgehead atoms. The van der Waals surface area contributed by atoms with Gasteiger partial charge < -0.3 is 11.1 Å². The molecule has 1 unspecified atom stereocenters. The van der Waals surface area contributed by atoms with E-state index in [0.29, 0.717) is 6.54 Å². The van der Waals surface area contributed by atoms with Crippen molar-refractivity contribution in [1.29, 1.82) is 0 Å². The normalized spacial score (nSPS) is 21.1. The highest BCUT2D eigenvalue weighted by Crippen LogP contribution is 2.10. The molecule has 6 nitrogen and oxygen atoms in total. The van der Waals surface area contributed by atoms with Crippen LogP contribution in [0, 0.1) is 0 Å². The molecule has 2 rings (SSSR count). The Morgan fingerprint density at radius 2 is 2.50 bits per heavy atom. The molecule has 1 atom stereocenters. The maximum absolute atomic E-state index is 11.4. The predicted octanol–water partition coefficient (Wildman–Crippen LogP) is -0.448. The van der Waals surface area contributed by atoms with E-state index in [4.69, 9.17) is 5.73 Å². The zero-order valence-corrected chi connectivity index (χ0v) is 10.8. The second-order valence-corrected chi connectivity index (χ2v) is 4.64. The summed E-state index contributed by atoms with van der Waals surface area (Å²) in [5, 5.41) is 7.50. The number of nitrogens with zero attached hydrogens (tertiary/aromatic N) is 3. The molecule has 1 saturated heterocycles. The van der Waals surface area contributed by atoms with Gasteiger partial charge in [-0.15, -0.1) is 0 Å². The Morgan fingerprint density at radius 3 is 3.22 bits per heavy atom. The van der Waals surface area contributed by atoms with Crippen molar-refractivity contribution < 1.29 is 4.79 Å². The van der Waals surface area contributed by atoms with E-state index in [0.717, 1.165) is 38.3 Å². The molecule has 1 aliphatic rings. The fraction of sp³-hybridized carbons (Fsp3) is 0.667. The molecule has 0 aromatic carbocycles. The summed E-state index contributed by atoms with van der Waals surface area (Å²) in [6.07, 6.45) is 2.86. The number of carbonyl (C=O) groups is 1. The minimum absolute atomic E-state index is 0.219. The zero-order chi connectivity index (χ0) is 13.0. The largest absolute Gasteiger partial charge is 0.368 e. The minimum atomic E-state index is -0.260. The van der Waals surface area contributed by atoms with Gasteiger partial charge in [0, 0.05) is 38.9 Å². The van der Waals surface area contributed by atoms with Gasteiger partial charge in [-0.25, -0.2) is 0 Å². The zero-order valence-electron chi connectivity index (χ0n) is 10.8. The Bertz CT molecular complexity index is 403. The third kappa shape index (κ3) is 2.88. The van der Waals surface area contributed by atoms with Gasteiger partial charge in [-0.1, -0.05) is 6.92 Å². The van der Waals surface area contributed by atoms with Crippen LogP contribution in [0.2, 0.25) is 0 Å². The van der Waals surface area contributed by atoms with Crippen LogP contribution in [0.25, 0.3) is 0 Å². The number of rotatable bonds is 5. The van der Waals surface area contributed by atoms with Crippen LogP contribution in [0.4, 0.5) is 0 Å². The lowest BCUT2D eigenvalue weighted by molar-refractivity contribution is -0.124. The summed E-state index contributed by atoms with van der Waals surface area (Å²) < 4.78 is 2.00. The van der Waals surface area contributed by atoms with Crippen LogP contribution in [0.5, 0.6) is 0 Å². The molecular formula is C12H21N5O. The molecule has 6 heteroatoms. The average molecular weight is 251 g/mol. The number of piperazine rings is 1. The lowest BCUT2D eigenvalue weighted by Gasteiger charge is -2.34. The number of aromatic nitrogens is 2. The van der Waals surface area contributed by atoms with Gasteiger partial charge in [-0.2, -0.15) is 5.10 Å². The van der Waals surface area contributed by atoms with Crippen molar-refractivity contribution in [2.75, 3.05) is 19.6 Å². The molecule has 1 aromatic rings. The first kappa shape index (κ1) is 13.0. The van der Waals surface area contributed by atoms with Crippen LogP contribution in [0.15, 0.2) is 12.3 Å². The fourth-order valence-electron chi connectivity index (χ4n) is 2.33. The topological polar surface area (TPSA) is 76.2 Å². The molecule has 1 aliphatic heterocycles. The first-order chi connectivity index (χ1) is 8.72. The van der Waals surface area contributed by atoms with E-state index in [2.05, 4.69) is 22.2 Å². The Hall–Kier alpha value is -1.40. The summed E-state index contributed by atoms with van der Waals surface area (Å²) in [5.74, 6) is -0.260. The molecule has 0 radical (unpaired) electrons. The smallest absolute Gasteiger partial charge is 0.236 e. The van der Waals surface area contributed by atoms with E-state index in [1.165, 1.54) is 0 Å². The summed E-state index contributed by atoms with van der Waals surface area (Å²) >= 11 is 0. The summed E-state index contributed by atoms with van der Waals surface area (Å²) in [4.78, 5) is 13.5. The van der Waals surface area contributed by atoms with Gasteiger partial charge in [0.05, 0.1) is 5.69 Å². The number of primary amides is 1. The maximum atomic E-state index is 11.4. The highest BCUT2D eigenvalue weighted by atomic mass is 16.1. The highest BCUT2D eigenvalue weighted by molar-refractivity contribution is 5.80. The lowest BCUT2D eigenvalue weighted by Crippen LogP contribution is -2.56. The summed E-state index contributed by atoms with van der Waals surface area (Å²) in [5.41, 5.74) is 6.58. The first-order valence-electron chi connectivity index (χ1n) is 6.47. The van der Waals surface area contributed by atoms with Gasteiger partial charge >= 0.3 is 0 Å². The fourth-order valence-corrected chi connectivity index (χ4v) is 2.33. The van der Waals surface area contributed by atoms with Crippen LogP contribution < -0.4 is 11.1 Å². The lowest BCUT2D eigenvalue weighted by atomic mass is 10.1. The van der Waals surface area contributed by atoms with Crippen molar-refractivity contribution in [3.8, 4) is 0 Å². The van der Waals surface area contributed by atoms with Crippen molar-refractivity contribution in [2.24, 2.45) is 5.73 Å². The second kappa shape index (κ2) is 5.97. The molecule has 2 heterocycles. The van der Waals surface area contributed by atoms with Crippen LogP contribution >= 0.6 is 0 Å². The Kier molecular flexibility index (Phi) is 4.33. The van der Waals surface area contributed by atoms with Crippen LogP contribution in [0.3, 0.4) is 0 Å². The standard InChI is InChI=1S/C12H21N5O/c1-2-6-17-10(3-4-15-17)9-16-7-5-14-8-11(16)12(13)18/h3-4,11,14H,2,5-9H2,1H3,(H2,13,18). The Morgan fingerprint density at radius 1 is 1.67 bits per heavy atom. The molecule has 18 heavy (non-hydrogen) atoms. The van der Waals surface area contributed by atoms with Crippen molar-refractivity contribution in [1.82, 2.24) is 20.0 Å². The number of carbonyl (C=O) groups excluding carboxylic acids is 1. The van der Waals surface area contributed by atoms with Crippen LogP contribution in [-0.2, 0) is 17.9 Å². The van der Waals surface area contributed by atoms with Crippen LogP contribution in [-0.4, -0.2) is 46.3 Å². The molecule has 0 aliphatic carbocycles. The van der Waals surface area contributed by atoms with Gasteiger partial charge in [0.1, 0.15) is 6.04 Å². The number of amides is 1. The molecular weight excluding hydrogens is 230 g/mol. The summed E-state index contributed by atoms with van der Waals surface area (Å²) in [6, 6.07) is 1.79. The van der Waals surface area contributed by atoms with E-state index in [1.54, 1.807) is 0 Å². The molecule has 0 spiro atoms. The summed E-state index contributed by atoms with van der Waals surface area (Å²) in [7, 11) is 0. The number of hydrogen-bond donors (Lipinski definition) is 2. The second-order valence-electron chi connectivity index (χ2n) is 4.64. The van der Waals surface area contributed by atoms with Gasteiger partial charge in [-0.3, -0.25) is 14.4 Å².